The number of hydrogen-bond acceptors (Lipinski definition) is 1. The Morgan fingerprint density at radius 1 is 0.333 bits per heavy atom. The van der Waals surface area contributed by atoms with Gasteiger partial charge in [0, 0.05) is 22.2 Å². The van der Waals surface area contributed by atoms with Crippen LogP contribution >= 0.6 is 0 Å². The van der Waals surface area contributed by atoms with Gasteiger partial charge in [0.25, 0.3) is 0 Å². The lowest BCUT2D eigenvalue weighted by molar-refractivity contribution is 0.660. The maximum Gasteiger partial charge on any atom is 0.0540 e. The molecule has 0 bridgehead atoms. The lowest BCUT2D eigenvalue weighted by Gasteiger charge is -2.29. The highest BCUT2D eigenvalue weighted by molar-refractivity contribution is 5.99. The zero-order valence-electron chi connectivity index (χ0n) is 30.5. The first-order chi connectivity index (χ1) is 26.5. The van der Waals surface area contributed by atoms with Crippen molar-refractivity contribution in [2.45, 2.75) is 19.3 Å². The zero-order chi connectivity index (χ0) is 36.2. The van der Waals surface area contributed by atoms with Gasteiger partial charge in [-0.3, -0.25) is 0 Å². The quantitative estimate of drug-likeness (QED) is 0.168. The van der Waals surface area contributed by atoms with Gasteiger partial charge in [0.2, 0.25) is 0 Å². The smallest absolute Gasteiger partial charge is 0.0540 e. The minimum atomic E-state index is -0.173. The molecule has 0 fully saturated rings. The standard InChI is InChI=1S/C53H39N/c1-53(2)50-34-44(43-24-23-37-13-6-7-15-42(37)33-43)27-31-48(50)49-32-30-46(35-51(49)53)54(52-18-10-16-41-14-8-9-17-47(41)52)45-28-25-40(26-29-45)39-21-19-38(20-22-39)36-11-4-3-5-12-36/h3-35H,1-2H3. The summed E-state index contributed by atoms with van der Waals surface area (Å²) in [6.07, 6.45) is 0. The molecule has 9 aromatic carbocycles. The highest BCUT2D eigenvalue weighted by Crippen LogP contribution is 2.52. The van der Waals surface area contributed by atoms with Crippen LogP contribution in [0.4, 0.5) is 17.1 Å². The molecular weight excluding hydrogens is 651 g/mol. The van der Waals surface area contributed by atoms with Crippen molar-refractivity contribution in [2.24, 2.45) is 0 Å². The van der Waals surface area contributed by atoms with Crippen molar-refractivity contribution in [2.75, 3.05) is 4.90 Å². The molecule has 0 atom stereocenters. The average Bonchev–Trinajstić information content (AvgIpc) is 3.46. The largest absolute Gasteiger partial charge is 0.310 e. The van der Waals surface area contributed by atoms with E-state index >= 15 is 0 Å². The summed E-state index contributed by atoms with van der Waals surface area (Å²) in [5, 5.41) is 4.99. The van der Waals surface area contributed by atoms with E-state index in [0.29, 0.717) is 0 Å². The fourth-order valence-electron chi connectivity index (χ4n) is 8.53. The van der Waals surface area contributed by atoms with Crippen molar-refractivity contribution in [1.82, 2.24) is 0 Å². The Morgan fingerprint density at radius 2 is 0.833 bits per heavy atom. The molecule has 54 heavy (non-hydrogen) atoms. The Balaban J connectivity index is 1.05. The van der Waals surface area contributed by atoms with Crippen LogP contribution < -0.4 is 4.90 Å². The molecule has 0 unspecified atom stereocenters. The fourth-order valence-corrected chi connectivity index (χ4v) is 8.53. The maximum atomic E-state index is 2.43. The molecule has 10 rings (SSSR count). The predicted molar refractivity (Wildman–Crippen MR) is 230 cm³/mol. The average molecular weight is 690 g/mol. The van der Waals surface area contributed by atoms with Gasteiger partial charge in [-0.25, -0.2) is 0 Å². The summed E-state index contributed by atoms with van der Waals surface area (Å²) in [7, 11) is 0. The Kier molecular flexibility index (Phi) is 7.56. The lowest BCUT2D eigenvalue weighted by Crippen LogP contribution is -2.16. The normalized spacial score (nSPS) is 12.8. The molecular formula is C53H39N. The molecule has 0 saturated heterocycles. The van der Waals surface area contributed by atoms with Gasteiger partial charge >= 0.3 is 0 Å². The van der Waals surface area contributed by atoms with Crippen LogP contribution in [0, 0.1) is 0 Å². The van der Waals surface area contributed by atoms with Crippen LogP contribution in [0.25, 0.3) is 66.1 Å². The van der Waals surface area contributed by atoms with E-state index in [1.165, 1.54) is 82.9 Å². The molecule has 1 nitrogen and oxygen atoms in total. The fraction of sp³-hybridized carbons (Fsp3) is 0.0566. The Hall–Kier alpha value is -6.70. The number of nitrogens with zero attached hydrogens (tertiary/aromatic N) is 1. The van der Waals surface area contributed by atoms with E-state index < -0.39 is 0 Å². The van der Waals surface area contributed by atoms with Crippen molar-refractivity contribution in [1.29, 1.82) is 0 Å². The van der Waals surface area contributed by atoms with E-state index in [4.69, 9.17) is 0 Å². The monoisotopic (exact) mass is 689 g/mol. The van der Waals surface area contributed by atoms with Crippen molar-refractivity contribution < 1.29 is 0 Å². The minimum Gasteiger partial charge on any atom is -0.310 e. The van der Waals surface area contributed by atoms with E-state index in [1.54, 1.807) is 0 Å². The van der Waals surface area contributed by atoms with Gasteiger partial charge in [-0.05, 0) is 114 Å². The minimum absolute atomic E-state index is 0.173. The maximum absolute atomic E-state index is 2.43. The second-order valence-electron chi connectivity index (χ2n) is 15.0. The second kappa shape index (κ2) is 12.8. The molecule has 1 aliphatic carbocycles. The van der Waals surface area contributed by atoms with Crippen LogP contribution in [-0.2, 0) is 5.41 Å². The van der Waals surface area contributed by atoms with Crippen molar-refractivity contribution in [3.63, 3.8) is 0 Å². The summed E-state index contributed by atoms with van der Waals surface area (Å²) in [5.74, 6) is 0. The molecule has 0 spiro atoms. The molecule has 0 aliphatic heterocycles. The molecule has 0 N–H and O–H groups in total. The third kappa shape index (κ3) is 5.40. The summed E-state index contributed by atoms with van der Waals surface area (Å²) < 4.78 is 0. The Morgan fingerprint density at radius 3 is 1.57 bits per heavy atom. The number of anilines is 3. The van der Waals surface area contributed by atoms with Gasteiger partial charge in [-0.15, -0.1) is 0 Å². The SMILES string of the molecule is CC1(C)c2cc(-c3ccc4ccccc4c3)ccc2-c2ccc(N(c3ccc(-c4ccc(-c5ccccc5)cc4)cc3)c3cccc4ccccc34)cc21. The van der Waals surface area contributed by atoms with Gasteiger partial charge in [-0.2, -0.15) is 0 Å². The van der Waals surface area contributed by atoms with Crippen LogP contribution in [0.5, 0.6) is 0 Å². The van der Waals surface area contributed by atoms with Crippen LogP contribution in [0.1, 0.15) is 25.0 Å². The number of hydrogen-bond donors (Lipinski definition) is 0. The molecule has 256 valence electrons. The Bertz CT molecular complexity index is 2820. The summed E-state index contributed by atoms with van der Waals surface area (Å²) in [4.78, 5) is 2.43. The molecule has 0 aromatic heterocycles. The van der Waals surface area contributed by atoms with Crippen LogP contribution in [-0.4, -0.2) is 0 Å². The van der Waals surface area contributed by atoms with E-state index in [0.717, 1.165) is 11.4 Å². The third-order valence-corrected chi connectivity index (χ3v) is 11.5. The first kappa shape index (κ1) is 32.0. The second-order valence-corrected chi connectivity index (χ2v) is 15.0. The lowest BCUT2D eigenvalue weighted by atomic mass is 9.81. The van der Waals surface area contributed by atoms with Crippen molar-refractivity contribution >= 4 is 38.6 Å². The topological polar surface area (TPSA) is 3.24 Å². The van der Waals surface area contributed by atoms with Crippen LogP contribution in [0.15, 0.2) is 200 Å². The van der Waals surface area contributed by atoms with Gasteiger partial charge < -0.3 is 4.90 Å². The van der Waals surface area contributed by atoms with E-state index in [9.17, 15) is 0 Å². The van der Waals surface area contributed by atoms with E-state index in [1.807, 2.05) is 0 Å². The van der Waals surface area contributed by atoms with Gasteiger partial charge in [0.05, 0.1) is 5.69 Å². The molecule has 9 aromatic rings. The van der Waals surface area contributed by atoms with Crippen LogP contribution in [0.3, 0.4) is 0 Å². The highest BCUT2D eigenvalue weighted by Gasteiger charge is 2.36. The predicted octanol–water partition coefficient (Wildman–Crippen LogP) is 14.8. The molecule has 0 amide bonds. The van der Waals surface area contributed by atoms with Gasteiger partial charge in [-0.1, -0.05) is 172 Å². The summed E-state index contributed by atoms with van der Waals surface area (Å²) in [6.45, 7) is 4.76. The van der Waals surface area contributed by atoms with E-state index in [2.05, 4.69) is 219 Å². The summed E-state index contributed by atoms with van der Waals surface area (Å²) in [5.41, 5.74) is 16.0. The molecule has 1 aliphatic rings. The molecule has 0 saturated carbocycles. The number of benzene rings is 9. The summed E-state index contributed by atoms with van der Waals surface area (Å²) >= 11 is 0. The Labute approximate surface area is 317 Å². The van der Waals surface area contributed by atoms with Gasteiger partial charge in [0.15, 0.2) is 0 Å². The highest BCUT2D eigenvalue weighted by atomic mass is 15.1. The van der Waals surface area contributed by atoms with Gasteiger partial charge in [0.1, 0.15) is 0 Å². The van der Waals surface area contributed by atoms with E-state index in [-0.39, 0.29) is 5.41 Å². The van der Waals surface area contributed by atoms with Crippen LogP contribution in [0.2, 0.25) is 0 Å². The third-order valence-electron chi connectivity index (χ3n) is 11.5. The number of fused-ring (bicyclic) bond motifs is 5. The zero-order valence-corrected chi connectivity index (χ0v) is 30.5. The molecule has 0 radical (unpaired) electrons. The summed E-state index contributed by atoms with van der Waals surface area (Å²) in [6, 6.07) is 73.4. The first-order valence-electron chi connectivity index (χ1n) is 18.8. The first-order valence-corrected chi connectivity index (χ1v) is 18.8. The van der Waals surface area contributed by atoms with Crippen molar-refractivity contribution in [3.05, 3.63) is 211 Å². The number of rotatable bonds is 6. The molecule has 1 heteroatoms. The van der Waals surface area contributed by atoms with Crippen molar-refractivity contribution in [3.8, 4) is 44.5 Å². The molecule has 0 heterocycles.